The molecule has 0 unspecified atom stereocenters. The lowest BCUT2D eigenvalue weighted by molar-refractivity contribution is 0.404. The zero-order valence-corrected chi connectivity index (χ0v) is 18.0. The third-order valence-electron chi connectivity index (χ3n) is 4.60. The van der Waals surface area contributed by atoms with E-state index < -0.39 is 0 Å². The molecule has 7 nitrogen and oxygen atoms in total. The van der Waals surface area contributed by atoms with Crippen molar-refractivity contribution in [3.63, 3.8) is 0 Å². The van der Waals surface area contributed by atoms with Crippen LogP contribution in [0.25, 0.3) is 22.6 Å². The maximum atomic E-state index is 5.57. The average Bonchev–Trinajstić information content (AvgIpc) is 3.42. The van der Waals surface area contributed by atoms with Crippen molar-refractivity contribution in [1.82, 2.24) is 15.0 Å². The van der Waals surface area contributed by atoms with Crippen molar-refractivity contribution in [3.8, 4) is 39.9 Å². The van der Waals surface area contributed by atoms with Gasteiger partial charge in [0, 0.05) is 28.9 Å². The Kier molecular flexibility index (Phi) is 5.58. The zero-order valence-electron chi connectivity index (χ0n) is 17.1. The summed E-state index contributed by atoms with van der Waals surface area (Å²) in [5, 5.41) is 6.09. The van der Waals surface area contributed by atoms with Crippen molar-refractivity contribution in [3.05, 3.63) is 53.7 Å². The van der Waals surface area contributed by atoms with Crippen LogP contribution >= 0.6 is 11.3 Å². The van der Waals surface area contributed by atoms with Crippen LogP contribution in [0.5, 0.6) is 17.2 Å². The van der Waals surface area contributed by atoms with Crippen LogP contribution in [0.4, 0.5) is 10.8 Å². The smallest absolute Gasteiger partial charge is 0.187 e. The lowest BCUT2D eigenvalue weighted by Crippen LogP contribution is -1.94. The molecular weight excluding hydrogens is 400 g/mol. The van der Waals surface area contributed by atoms with Crippen LogP contribution in [0.2, 0.25) is 0 Å². The number of aromatic nitrogens is 3. The molecule has 30 heavy (non-hydrogen) atoms. The van der Waals surface area contributed by atoms with Gasteiger partial charge in [0.1, 0.15) is 23.1 Å². The SMILES string of the molecule is COc1ccc(OC)c(-c2csc(Nc3ccc(-c4nc(C)c[nH]4)c(OC)c3)n2)c1. The molecule has 4 rings (SSSR count). The van der Waals surface area contributed by atoms with E-state index in [0.717, 1.165) is 56.4 Å². The summed E-state index contributed by atoms with van der Waals surface area (Å²) in [5.74, 6) is 2.99. The Labute approximate surface area is 178 Å². The van der Waals surface area contributed by atoms with E-state index in [-0.39, 0.29) is 0 Å². The zero-order chi connectivity index (χ0) is 21.1. The number of benzene rings is 2. The molecule has 0 amide bonds. The fourth-order valence-electron chi connectivity index (χ4n) is 3.11. The summed E-state index contributed by atoms with van der Waals surface area (Å²) in [6.45, 7) is 1.94. The predicted octanol–water partition coefficient (Wildman–Crippen LogP) is 5.28. The molecule has 4 aromatic rings. The van der Waals surface area contributed by atoms with Gasteiger partial charge >= 0.3 is 0 Å². The highest BCUT2D eigenvalue weighted by Crippen LogP contribution is 2.37. The van der Waals surface area contributed by atoms with E-state index in [1.165, 1.54) is 11.3 Å². The Hall–Kier alpha value is -3.52. The van der Waals surface area contributed by atoms with Gasteiger partial charge in [0.25, 0.3) is 0 Å². The first-order valence-electron chi connectivity index (χ1n) is 9.26. The number of hydrogen-bond acceptors (Lipinski definition) is 7. The van der Waals surface area contributed by atoms with Gasteiger partial charge in [-0.25, -0.2) is 9.97 Å². The van der Waals surface area contributed by atoms with Crippen molar-refractivity contribution in [2.24, 2.45) is 0 Å². The van der Waals surface area contributed by atoms with Crippen LogP contribution in [0.1, 0.15) is 5.69 Å². The fourth-order valence-corrected chi connectivity index (χ4v) is 3.84. The van der Waals surface area contributed by atoms with Crippen LogP contribution < -0.4 is 19.5 Å². The summed E-state index contributed by atoms with van der Waals surface area (Å²) in [5.41, 5.74) is 4.39. The van der Waals surface area contributed by atoms with Gasteiger partial charge in [-0.2, -0.15) is 0 Å². The van der Waals surface area contributed by atoms with Crippen molar-refractivity contribution >= 4 is 22.2 Å². The third kappa shape index (κ3) is 3.95. The highest BCUT2D eigenvalue weighted by Gasteiger charge is 2.13. The van der Waals surface area contributed by atoms with Gasteiger partial charge in [0.15, 0.2) is 5.13 Å². The van der Waals surface area contributed by atoms with E-state index in [1.807, 2.05) is 54.9 Å². The van der Waals surface area contributed by atoms with Crippen molar-refractivity contribution < 1.29 is 14.2 Å². The Balaban J connectivity index is 1.60. The van der Waals surface area contributed by atoms with Gasteiger partial charge in [0.05, 0.1) is 38.3 Å². The molecule has 2 aromatic heterocycles. The molecule has 0 fully saturated rings. The largest absolute Gasteiger partial charge is 0.497 e. The number of thiazole rings is 1. The average molecular weight is 423 g/mol. The number of aryl methyl sites for hydroxylation is 1. The summed E-state index contributed by atoms with van der Waals surface area (Å²) < 4.78 is 16.4. The highest BCUT2D eigenvalue weighted by atomic mass is 32.1. The summed E-state index contributed by atoms with van der Waals surface area (Å²) in [7, 11) is 4.93. The fraction of sp³-hybridized carbons (Fsp3) is 0.182. The minimum atomic E-state index is 0.723. The Morgan fingerprint density at radius 3 is 2.43 bits per heavy atom. The number of hydrogen-bond donors (Lipinski definition) is 2. The summed E-state index contributed by atoms with van der Waals surface area (Å²) in [6, 6.07) is 11.5. The number of methoxy groups -OCH3 is 3. The lowest BCUT2D eigenvalue weighted by Gasteiger charge is -2.10. The van der Waals surface area contributed by atoms with Crippen LogP contribution in [0.3, 0.4) is 0 Å². The summed E-state index contributed by atoms with van der Waals surface area (Å²) in [4.78, 5) is 12.4. The Morgan fingerprint density at radius 1 is 0.900 bits per heavy atom. The maximum absolute atomic E-state index is 5.57. The number of rotatable bonds is 7. The van der Waals surface area contributed by atoms with Crippen LogP contribution in [0.15, 0.2) is 48.0 Å². The van der Waals surface area contributed by atoms with Gasteiger partial charge in [-0.15, -0.1) is 11.3 Å². The molecule has 0 aliphatic carbocycles. The van der Waals surface area contributed by atoms with Gasteiger partial charge in [0.2, 0.25) is 0 Å². The second-order valence-corrected chi connectivity index (χ2v) is 7.39. The summed E-state index contributed by atoms with van der Waals surface area (Å²) >= 11 is 1.51. The van der Waals surface area contributed by atoms with Crippen LogP contribution in [0, 0.1) is 6.92 Å². The minimum absolute atomic E-state index is 0.723. The molecule has 0 aliphatic heterocycles. The molecule has 0 aliphatic rings. The van der Waals surface area contributed by atoms with Crippen molar-refractivity contribution in [2.45, 2.75) is 6.92 Å². The molecule has 0 saturated carbocycles. The summed E-state index contributed by atoms with van der Waals surface area (Å²) in [6.07, 6.45) is 1.87. The molecule has 2 aromatic carbocycles. The Morgan fingerprint density at radius 2 is 1.73 bits per heavy atom. The Bertz CT molecular complexity index is 1170. The molecule has 2 heterocycles. The molecule has 0 radical (unpaired) electrons. The normalized spacial score (nSPS) is 10.7. The maximum Gasteiger partial charge on any atom is 0.187 e. The van der Waals surface area contributed by atoms with E-state index in [4.69, 9.17) is 19.2 Å². The molecule has 0 bridgehead atoms. The highest BCUT2D eigenvalue weighted by molar-refractivity contribution is 7.14. The molecule has 154 valence electrons. The first kappa shape index (κ1) is 19.8. The molecular formula is C22H22N4O3S. The number of aromatic amines is 1. The van der Waals surface area contributed by atoms with Crippen LogP contribution in [-0.4, -0.2) is 36.3 Å². The topological polar surface area (TPSA) is 81.3 Å². The number of nitrogens with one attached hydrogen (secondary N) is 2. The molecule has 0 atom stereocenters. The van der Waals surface area contributed by atoms with Crippen molar-refractivity contribution in [2.75, 3.05) is 26.6 Å². The number of imidazole rings is 1. The van der Waals surface area contributed by atoms with Gasteiger partial charge in [-0.1, -0.05) is 0 Å². The second kappa shape index (κ2) is 8.46. The molecule has 2 N–H and O–H groups in total. The number of nitrogens with zero attached hydrogens (tertiary/aromatic N) is 2. The first-order valence-corrected chi connectivity index (χ1v) is 10.1. The van der Waals surface area contributed by atoms with E-state index in [0.29, 0.717) is 0 Å². The number of anilines is 2. The van der Waals surface area contributed by atoms with E-state index in [1.54, 1.807) is 21.3 Å². The number of H-pyrrole nitrogens is 1. The quantitative estimate of drug-likeness (QED) is 0.422. The molecule has 0 saturated heterocycles. The standard InChI is InChI=1S/C22H22N4O3S/c1-13-11-23-21(24-13)16-7-5-14(9-20(16)29-4)25-22-26-18(12-30-22)17-10-15(27-2)6-8-19(17)28-3/h5-12H,1-4H3,(H,23,24)(H,25,26). The van der Waals surface area contributed by atoms with Gasteiger partial charge in [-0.3, -0.25) is 0 Å². The molecule has 0 spiro atoms. The lowest BCUT2D eigenvalue weighted by atomic mass is 10.1. The monoisotopic (exact) mass is 422 g/mol. The predicted molar refractivity (Wildman–Crippen MR) is 119 cm³/mol. The minimum Gasteiger partial charge on any atom is -0.497 e. The first-order chi connectivity index (χ1) is 14.6. The van der Waals surface area contributed by atoms with Gasteiger partial charge in [-0.05, 0) is 37.3 Å². The van der Waals surface area contributed by atoms with E-state index in [9.17, 15) is 0 Å². The van der Waals surface area contributed by atoms with Gasteiger partial charge < -0.3 is 24.5 Å². The number of ether oxygens (including phenoxy) is 3. The van der Waals surface area contributed by atoms with E-state index >= 15 is 0 Å². The van der Waals surface area contributed by atoms with Crippen molar-refractivity contribution in [1.29, 1.82) is 0 Å². The molecule has 8 heteroatoms. The second-order valence-electron chi connectivity index (χ2n) is 6.53. The third-order valence-corrected chi connectivity index (χ3v) is 5.36. The van der Waals surface area contributed by atoms with Crippen LogP contribution in [-0.2, 0) is 0 Å². The van der Waals surface area contributed by atoms with E-state index in [2.05, 4.69) is 15.3 Å².